The number of hydrogen-bond acceptors (Lipinski definition) is 11. The highest BCUT2D eigenvalue weighted by Crippen LogP contribution is 2.70. The summed E-state index contributed by atoms with van der Waals surface area (Å²) in [6.07, 6.45) is 18.1. The number of rotatable bonds is 10. The van der Waals surface area contributed by atoms with Gasteiger partial charge < -0.3 is 35.5 Å². The first-order valence-electron chi connectivity index (χ1n) is 29.8. The highest BCUT2D eigenvalue weighted by atomic mass is 127. The van der Waals surface area contributed by atoms with Gasteiger partial charge in [-0.3, -0.25) is 10.1 Å². The van der Waals surface area contributed by atoms with Crippen LogP contribution in [0, 0.1) is 82.9 Å². The molecule has 12 nitrogen and oxygen atoms in total. The minimum absolute atomic E-state index is 0.00190. The molecular formula is C65H95IN4O8. The molecule has 0 unspecified atom stereocenters. The highest BCUT2D eigenvalue weighted by Gasteiger charge is 2.67. The van der Waals surface area contributed by atoms with Gasteiger partial charge in [-0.25, -0.2) is 4.79 Å². The molecule has 6 fully saturated rings. The molecule has 0 aromatic heterocycles. The number of carbonyl (C=O) groups is 2. The Morgan fingerprint density at radius 1 is 0.705 bits per heavy atom. The molecule has 0 radical (unpaired) electrons. The van der Waals surface area contributed by atoms with Crippen molar-refractivity contribution in [3.8, 4) is 0 Å². The summed E-state index contributed by atoms with van der Waals surface area (Å²) >= 11 is 1.96. The van der Waals surface area contributed by atoms with Gasteiger partial charge in [0.1, 0.15) is 18.8 Å². The van der Waals surface area contributed by atoms with E-state index in [9.17, 15) is 19.8 Å². The van der Waals surface area contributed by atoms with Crippen LogP contribution in [0.25, 0.3) is 0 Å². The Morgan fingerprint density at radius 2 is 1.14 bits per heavy atom. The first kappa shape index (κ1) is 60.1. The number of alkyl halides is 1. The quantitative estimate of drug-likeness (QED) is 0.0386. The number of ether oxygens (including phenoxy) is 1. The van der Waals surface area contributed by atoms with Gasteiger partial charge in [-0.2, -0.15) is 0 Å². The topological polar surface area (TPSA) is 185 Å². The number of hydrogen-bond donors (Lipinski definition) is 5. The number of oxime groups is 2. The Labute approximate surface area is 482 Å². The highest BCUT2D eigenvalue weighted by molar-refractivity contribution is 14.1. The molecule has 430 valence electrons. The maximum atomic E-state index is 12.5. The molecule has 8 aliphatic carbocycles. The fourth-order valence-electron chi connectivity index (χ4n) is 17.3. The van der Waals surface area contributed by atoms with Crippen molar-refractivity contribution in [1.29, 1.82) is 0 Å². The second-order valence-electron chi connectivity index (χ2n) is 25.7. The first-order valence-corrected chi connectivity index (χ1v) is 30.6. The average molecular weight is 1190 g/mol. The van der Waals surface area contributed by atoms with E-state index in [1.165, 1.54) is 24.0 Å². The van der Waals surface area contributed by atoms with Crippen molar-refractivity contribution in [2.75, 3.05) is 42.4 Å². The van der Waals surface area contributed by atoms with Crippen molar-refractivity contribution in [2.24, 2.45) is 79.3 Å². The van der Waals surface area contributed by atoms with E-state index in [2.05, 4.69) is 75.9 Å². The molecule has 2 aromatic rings. The number of benzene rings is 2. The summed E-state index contributed by atoms with van der Waals surface area (Å²) in [6.45, 7) is 26.5. The van der Waals surface area contributed by atoms with Crippen LogP contribution in [0.4, 0.5) is 16.2 Å². The minimum atomic E-state index is -1.17. The zero-order valence-corrected chi connectivity index (χ0v) is 50.9. The molecule has 8 aliphatic rings. The lowest BCUT2D eigenvalue weighted by molar-refractivity contribution is -0.160. The lowest BCUT2D eigenvalue weighted by Crippen LogP contribution is -2.57. The summed E-state index contributed by atoms with van der Waals surface area (Å²) < 4.78 is 11.4. The summed E-state index contributed by atoms with van der Waals surface area (Å²) in [5.41, 5.74) is 13.4. The van der Waals surface area contributed by atoms with Crippen molar-refractivity contribution in [3.05, 3.63) is 95.1 Å². The van der Waals surface area contributed by atoms with Crippen LogP contribution in [0.2, 0.25) is 0 Å². The number of aliphatic hydroxyl groups is 3. The number of aryl methyl sites for hydroxylation is 2. The number of nitrogens with zero attached hydrogens (tertiary/aromatic N) is 2. The molecule has 13 heteroatoms. The lowest BCUT2D eigenvalue weighted by atomic mass is 9.44. The number of ketones is 1. The van der Waals surface area contributed by atoms with Crippen LogP contribution in [-0.2, 0) is 19.2 Å². The third kappa shape index (κ3) is 11.8. The van der Waals surface area contributed by atoms with Gasteiger partial charge in [0.05, 0.1) is 23.6 Å². The number of nitrogens with two attached hydrogens (primary N) is 1. The van der Waals surface area contributed by atoms with E-state index in [0.29, 0.717) is 64.4 Å². The average Bonchev–Trinajstić information content (AvgIpc) is 4.00. The van der Waals surface area contributed by atoms with Gasteiger partial charge in [0, 0.05) is 23.6 Å². The maximum Gasteiger partial charge on any atom is 0.411 e. The van der Waals surface area contributed by atoms with Crippen molar-refractivity contribution in [2.45, 2.75) is 170 Å². The zero-order valence-electron chi connectivity index (χ0n) is 49.8. The Bertz CT molecular complexity index is 2590. The van der Waals surface area contributed by atoms with E-state index in [1.54, 1.807) is 12.5 Å². The summed E-state index contributed by atoms with van der Waals surface area (Å²) in [5.74, 6) is 4.35. The summed E-state index contributed by atoms with van der Waals surface area (Å²) in [7, 11) is 0. The number of halogens is 1. The Balaban J connectivity index is 0.000000197. The molecule has 78 heavy (non-hydrogen) atoms. The smallest absolute Gasteiger partial charge is 0.411 e. The molecule has 0 saturated heterocycles. The van der Waals surface area contributed by atoms with Crippen LogP contribution in [0.1, 0.15) is 158 Å². The van der Waals surface area contributed by atoms with E-state index in [0.717, 1.165) is 98.9 Å². The maximum absolute atomic E-state index is 12.5. The summed E-state index contributed by atoms with van der Waals surface area (Å²) in [4.78, 5) is 35.8. The molecule has 0 bridgehead atoms. The number of anilines is 2. The van der Waals surface area contributed by atoms with Crippen LogP contribution in [0.5, 0.6) is 0 Å². The Morgan fingerprint density at radius 3 is 1.59 bits per heavy atom. The van der Waals surface area contributed by atoms with Gasteiger partial charge in [0.2, 0.25) is 0 Å². The molecule has 0 spiro atoms. The number of nitrogens with one attached hydrogen (secondary N) is 1. The fraction of sp³-hybridized carbons (Fsp3) is 0.662. The number of carbonyl (C=O) groups excluding carboxylic acids is 2. The van der Waals surface area contributed by atoms with E-state index >= 15 is 0 Å². The van der Waals surface area contributed by atoms with Crippen LogP contribution in [0.3, 0.4) is 0 Å². The zero-order chi connectivity index (χ0) is 57.7. The number of amides is 1. The predicted molar refractivity (Wildman–Crippen MR) is 323 cm³/mol. The molecule has 2 aromatic carbocycles. The Kier molecular flexibility index (Phi) is 19.2. The normalized spacial score (nSPS) is 38.1. The van der Waals surface area contributed by atoms with Crippen LogP contribution in [-0.4, -0.2) is 81.2 Å². The van der Waals surface area contributed by atoms with Crippen LogP contribution in [0.15, 0.2) is 94.3 Å². The van der Waals surface area contributed by atoms with Gasteiger partial charge in [-0.15, -0.1) is 0 Å². The number of aliphatic hydroxyl groups excluding tert-OH is 1. The molecule has 6 saturated carbocycles. The number of allylic oxidation sites excluding steroid dienone is 4. The van der Waals surface area contributed by atoms with Crippen LogP contribution < -0.4 is 11.1 Å². The lowest BCUT2D eigenvalue weighted by Gasteiger charge is -2.60. The predicted octanol–water partition coefficient (Wildman–Crippen LogP) is 13.9. The summed E-state index contributed by atoms with van der Waals surface area (Å²) in [6, 6.07) is 15.3. The SMILES string of the molecule is C=C(C)[C@@]1(O)CC[C@H]2[C@@H]3C[C@H](C)C4=C/C(=N\OCCO)CC[C@]4(C)[C@H]3CC[C@@]21C.CC(=O)[C@@]1(O)CC[C@H]2[C@@H]3C[C@H](C)C4=C/C(=N\OCCOC(=O)Nc5ccc(C)cc5)CC[C@]4(C)[C@H]3CC[C@@]21C.Cc1ccc(N)cc1.[2H]CI. The van der Waals surface area contributed by atoms with E-state index in [1.807, 2.05) is 91.9 Å². The number of Topliss-reactive ketones (excluding diaryl/α,β-unsaturated/α-hetero) is 1. The van der Waals surface area contributed by atoms with Gasteiger partial charge in [0.25, 0.3) is 0 Å². The van der Waals surface area contributed by atoms with E-state index in [-0.39, 0.29) is 53.9 Å². The van der Waals surface area contributed by atoms with E-state index in [4.69, 9.17) is 26.6 Å². The van der Waals surface area contributed by atoms with Crippen molar-refractivity contribution in [3.63, 3.8) is 0 Å². The second kappa shape index (κ2) is 25.0. The van der Waals surface area contributed by atoms with Gasteiger partial charge in [-0.05, 0) is 223 Å². The summed E-state index contributed by atoms with van der Waals surface area (Å²) in [5, 5.41) is 43.3. The van der Waals surface area contributed by atoms with Gasteiger partial charge in [0.15, 0.2) is 12.4 Å². The van der Waals surface area contributed by atoms with E-state index < -0.39 is 17.3 Å². The van der Waals surface area contributed by atoms with Crippen molar-refractivity contribution in [1.82, 2.24) is 0 Å². The van der Waals surface area contributed by atoms with Crippen molar-refractivity contribution < 1.29 is 40.7 Å². The monoisotopic (exact) mass is 1190 g/mol. The number of nitrogen functional groups attached to an aromatic ring is 1. The largest absolute Gasteiger partial charge is 0.446 e. The van der Waals surface area contributed by atoms with Crippen molar-refractivity contribution >= 4 is 57.3 Å². The van der Waals surface area contributed by atoms with Crippen LogP contribution >= 0.6 is 22.6 Å². The molecule has 0 aliphatic heterocycles. The van der Waals surface area contributed by atoms with Gasteiger partial charge >= 0.3 is 6.09 Å². The molecule has 1 amide bonds. The standard InChI is InChI=1S/C32H44N2O5.C25H39NO3.C7H9N.CH3I/c1-20-6-8-23(9-7-20)33-29(36)38-16-17-39-34-24-10-13-30(4)26-11-14-31(5)27(12-15-32(31,37)22(3)35)25(26)18-21(2)28(30)19-24;1-16(2)25(28)11-8-21-19-14-17(3)22-15-18(26-29-13-12-27)6-9-23(22,4)20(19)7-10-24(21,25)5;1-6-2-4-7(8)5-3-6;1-2/h6-9,19,21,25-27,37H,10-18H2,1-5H3,(H,33,36);15,17,19-21,27-28H,1,6-14H2,2-5H3;2-5H,8H2,1H3;1H3/b34-24-;26-18-;;/t21-,25+,26-,27-,30+,31-,32-;17-,19+,20-,21-,23+,24-,25-;;/m00../s1/i;;;1D. The molecule has 0 heterocycles. The van der Waals surface area contributed by atoms with Gasteiger partial charge in [-0.1, -0.05) is 128 Å². The Hall–Kier alpha value is -4.05. The third-order valence-electron chi connectivity index (χ3n) is 21.5. The third-order valence-corrected chi connectivity index (χ3v) is 21.5. The fourth-order valence-corrected chi connectivity index (χ4v) is 17.3. The molecule has 10 rings (SSSR count). The second-order valence-corrected chi connectivity index (χ2v) is 25.7. The molecule has 14 atom stereocenters. The minimum Gasteiger partial charge on any atom is -0.446 e. The number of fused-ring (bicyclic) bond motifs is 10. The molecular weight excluding hydrogens is 1090 g/mol. The molecule has 6 N–H and O–H groups in total. The first-order chi connectivity index (χ1) is 37.3.